The zero-order valence-electron chi connectivity index (χ0n) is 16.7. The summed E-state index contributed by atoms with van der Waals surface area (Å²) in [6, 6.07) is 5.33. The smallest absolute Gasteiger partial charge is 0.254 e. The molecule has 2 fully saturated rings. The van der Waals surface area contributed by atoms with Gasteiger partial charge in [-0.25, -0.2) is 9.97 Å². The van der Waals surface area contributed by atoms with Crippen LogP contribution in [0.4, 0.5) is 0 Å². The molecule has 2 heterocycles. The van der Waals surface area contributed by atoms with Gasteiger partial charge in [0.05, 0.1) is 22.4 Å². The molecular formula is C22H28N4O2. The minimum absolute atomic E-state index is 0.00444. The molecule has 1 N–H and O–H groups in total. The molecular weight excluding hydrogens is 352 g/mol. The molecule has 1 saturated carbocycles. The lowest BCUT2D eigenvalue weighted by atomic mass is 9.95. The Labute approximate surface area is 165 Å². The third-order valence-electron chi connectivity index (χ3n) is 6.09. The van der Waals surface area contributed by atoms with E-state index >= 15 is 0 Å². The van der Waals surface area contributed by atoms with E-state index in [1.54, 1.807) is 17.0 Å². The average molecular weight is 380 g/mol. The first-order valence-corrected chi connectivity index (χ1v) is 10.4. The SMILES string of the molecule is Cc1nc2ccc(C(=O)N3CCC[C@H]3C(=O)NC3CCCCC3)cc2nc1C. The predicted octanol–water partition coefficient (Wildman–Crippen LogP) is 3.30. The fraction of sp³-hybridized carbons (Fsp3) is 0.545. The van der Waals surface area contributed by atoms with Gasteiger partial charge in [-0.3, -0.25) is 9.59 Å². The Bertz CT molecular complexity index is 905. The van der Waals surface area contributed by atoms with Crippen LogP contribution in [0, 0.1) is 13.8 Å². The molecule has 4 rings (SSSR count). The van der Waals surface area contributed by atoms with E-state index in [9.17, 15) is 9.59 Å². The molecule has 6 nitrogen and oxygen atoms in total. The van der Waals surface area contributed by atoms with E-state index in [4.69, 9.17) is 0 Å². The van der Waals surface area contributed by atoms with Crippen LogP contribution in [0.25, 0.3) is 11.0 Å². The van der Waals surface area contributed by atoms with Crippen molar-refractivity contribution >= 4 is 22.8 Å². The summed E-state index contributed by atoms with van der Waals surface area (Å²) in [5.41, 5.74) is 3.83. The van der Waals surface area contributed by atoms with Crippen molar-refractivity contribution in [1.29, 1.82) is 0 Å². The van der Waals surface area contributed by atoms with Crippen molar-refractivity contribution in [1.82, 2.24) is 20.2 Å². The number of likely N-dealkylation sites (tertiary alicyclic amines) is 1. The van der Waals surface area contributed by atoms with Crippen LogP contribution < -0.4 is 5.32 Å². The van der Waals surface area contributed by atoms with Crippen LogP contribution in [0.5, 0.6) is 0 Å². The van der Waals surface area contributed by atoms with Crippen molar-refractivity contribution in [3.63, 3.8) is 0 Å². The lowest BCUT2D eigenvalue weighted by Gasteiger charge is -2.28. The Balaban J connectivity index is 1.52. The van der Waals surface area contributed by atoms with Gasteiger partial charge in [0.2, 0.25) is 5.91 Å². The largest absolute Gasteiger partial charge is 0.352 e. The lowest BCUT2D eigenvalue weighted by Crippen LogP contribution is -2.49. The highest BCUT2D eigenvalue weighted by Crippen LogP contribution is 2.24. The van der Waals surface area contributed by atoms with Gasteiger partial charge in [-0.15, -0.1) is 0 Å². The number of fused-ring (bicyclic) bond motifs is 1. The number of benzene rings is 1. The summed E-state index contributed by atoms with van der Waals surface area (Å²) in [7, 11) is 0. The third-order valence-corrected chi connectivity index (χ3v) is 6.09. The molecule has 2 aliphatic rings. The molecule has 0 spiro atoms. The average Bonchev–Trinajstić information content (AvgIpc) is 3.19. The number of nitrogens with zero attached hydrogens (tertiary/aromatic N) is 3. The summed E-state index contributed by atoms with van der Waals surface area (Å²) in [5, 5.41) is 3.19. The molecule has 0 bridgehead atoms. The molecule has 0 radical (unpaired) electrons. The van der Waals surface area contributed by atoms with Gasteiger partial charge in [0.1, 0.15) is 6.04 Å². The highest BCUT2D eigenvalue weighted by Gasteiger charge is 2.35. The van der Waals surface area contributed by atoms with Crippen LogP contribution in [0.2, 0.25) is 0 Å². The van der Waals surface area contributed by atoms with Gasteiger partial charge in [0, 0.05) is 18.2 Å². The van der Waals surface area contributed by atoms with E-state index in [1.165, 1.54) is 19.3 Å². The summed E-state index contributed by atoms with van der Waals surface area (Å²) in [6.45, 7) is 4.47. The number of nitrogens with one attached hydrogen (secondary N) is 1. The van der Waals surface area contributed by atoms with Gasteiger partial charge in [-0.2, -0.15) is 0 Å². The van der Waals surface area contributed by atoms with Crippen LogP contribution in [0.1, 0.15) is 66.7 Å². The minimum Gasteiger partial charge on any atom is -0.352 e. The van der Waals surface area contributed by atoms with Gasteiger partial charge in [-0.05, 0) is 57.7 Å². The summed E-state index contributed by atoms with van der Waals surface area (Å²) < 4.78 is 0. The topological polar surface area (TPSA) is 75.2 Å². The Morgan fingerprint density at radius 1 is 0.964 bits per heavy atom. The molecule has 1 aliphatic carbocycles. The number of amides is 2. The molecule has 2 aromatic rings. The van der Waals surface area contributed by atoms with Gasteiger partial charge in [0.25, 0.3) is 5.91 Å². The highest BCUT2D eigenvalue weighted by atomic mass is 16.2. The summed E-state index contributed by atoms with van der Waals surface area (Å²) >= 11 is 0. The van der Waals surface area contributed by atoms with Crippen molar-refractivity contribution in [2.24, 2.45) is 0 Å². The van der Waals surface area contributed by atoms with Crippen molar-refractivity contribution < 1.29 is 9.59 Å². The number of aryl methyl sites for hydroxylation is 2. The van der Waals surface area contributed by atoms with Crippen molar-refractivity contribution in [3.8, 4) is 0 Å². The van der Waals surface area contributed by atoms with Crippen LogP contribution in [-0.4, -0.2) is 45.3 Å². The molecule has 28 heavy (non-hydrogen) atoms. The van der Waals surface area contributed by atoms with E-state index in [-0.39, 0.29) is 23.9 Å². The molecule has 1 aromatic heterocycles. The van der Waals surface area contributed by atoms with Gasteiger partial charge >= 0.3 is 0 Å². The van der Waals surface area contributed by atoms with Crippen LogP contribution in [0.15, 0.2) is 18.2 Å². The Morgan fingerprint density at radius 3 is 2.43 bits per heavy atom. The number of carbonyl (C=O) groups is 2. The Hall–Kier alpha value is -2.50. The van der Waals surface area contributed by atoms with E-state index in [1.807, 2.05) is 19.9 Å². The zero-order chi connectivity index (χ0) is 19.7. The normalized spacial score (nSPS) is 20.5. The molecule has 1 aromatic carbocycles. The highest BCUT2D eigenvalue weighted by molar-refractivity contribution is 6.00. The fourth-order valence-electron chi connectivity index (χ4n) is 4.36. The molecule has 1 saturated heterocycles. The van der Waals surface area contributed by atoms with Crippen molar-refractivity contribution in [3.05, 3.63) is 35.2 Å². The Morgan fingerprint density at radius 2 is 1.68 bits per heavy atom. The maximum atomic E-state index is 13.1. The Kier molecular flexibility index (Phi) is 5.29. The first-order chi connectivity index (χ1) is 13.5. The summed E-state index contributed by atoms with van der Waals surface area (Å²) in [6.07, 6.45) is 7.30. The molecule has 1 aliphatic heterocycles. The van der Waals surface area contributed by atoms with Crippen LogP contribution in [0.3, 0.4) is 0 Å². The predicted molar refractivity (Wildman–Crippen MR) is 108 cm³/mol. The van der Waals surface area contributed by atoms with E-state index in [0.717, 1.165) is 48.1 Å². The third kappa shape index (κ3) is 3.73. The number of hydrogen-bond acceptors (Lipinski definition) is 4. The monoisotopic (exact) mass is 380 g/mol. The summed E-state index contributed by atoms with van der Waals surface area (Å²) in [5.74, 6) is -0.0898. The number of hydrogen-bond donors (Lipinski definition) is 1. The van der Waals surface area contributed by atoms with Crippen molar-refractivity contribution in [2.75, 3.05) is 6.54 Å². The van der Waals surface area contributed by atoms with E-state index in [2.05, 4.69) is 15.3 Å². The second-order valence-electron chi connectivity index (χ2n) is 8.10. The maximum Gasteiger partial charge on any atom is 0.254 e. The molecule has 0 unspecified atom stereocenters. The first-order valence-electron chi connectivity index (χ1n) is 10.4. The van der Waals surface area contributed by atoms with Crippen molar-refractivity contribution in [2.45, 2.75) is 70.9 Å². The van der Waals surface area contributed by atoms with E-state index < -0.39 is 0 Å². The molecule has 2 amide bonds. The standard InChI is InChI=1S/C22H28N4O2/c1-14-15(2)24-19-13-16(10-11-18(19)23-14)22(28)26-12-6-9-20(26)21(27)25-17-7-4-3-5-8-17/h10-11,13,17,20H,3-9,12H2,1-2H3,(H,25,27)/t20-/m0/s1. The van der Waals surface area contributed by atoms with E-state index in [0.29, 0.717) is 12.1 Å². The van der Waals surface area contributed by atoms with Gasteiger partial charge in [-0.1, -0.05) is 19.3 Å². The molecule has 1 atom stereocenters. The van der Waals surface area contributed by atoms with Crippen LogP contribution >= 0.6 is 0 Å². The summed E-state index contributed by atoms with van der Waals surface area (Å²) in [4.78, 5) is 36.8. The fourth-order valence-corrected chi connectivity index (χ4v) is 4.36. The number of carbonyl (C=O) groups excluding carboxylic acids is 2. The van der Waals surface area contributed by atoms with Gasteiger partial charge in [0.15, 0.2) is 0 Å². The second-order valence-corrected chi connectivity index (χ2v) is 8.10. The quantitative estimate of drug-likeness (QED) is 0.886. The van der Waals surface area contributed by atoms with Gasteiger partial charge < -0.3 is 10.2 Å². The molecule has 6 heteroatoms. The number of rotatable bonds is 3. The first kappa shape index (κ1) is 18.8. The maximum absolute atomic E-state index is 13.1. The lowest BCUT2D eigenvalue weighted by molar-refractivity contribution is -0.125. The zero-order valence-corrected chi connectivity index (χ0v) is 16.7. The minimum atomic E-state index is -0.365. The van der Waals surface area contributed by atoms with Crippen LogP contribution in [-0.2, 0) is 4.79 Å². The second kappa shape index (κ2) is 7.86. The molecule has 148 valence electrons. The number of aromatic nitrogens is 2.